The molecular weight excluding hydrogens is 332 g/mol. The molecule has 1 fully saturated rings. The number of H-pyrrole nitrogens is 1. The molecule has 1 aliphatic heterocycles. The second-order valence-electron chi connectivity index (χ2n) is 8.77. The molecule has 1 aromatic carbocycles. The average molecular weight is 371 g/mol. The molecule has 3 nitrogen and oxygen atoms in total. The molecule has 0 amide bonds. The van der Waals surface area contributed by atoms with Crippen molar-refractivity contribution in [3.05, 3.63) is 36.0 Å². The summed E-state index contributed by atoms with van der Waals surface area (Å²) in [6.07, 6.45) is 10.8. The minimum absolute atomic E-state index is 0.0198. The second-order valence-corrected chi connectivity index (χ2v) is 8.77. The van der Waals surface area contributed by atoms with Crippen LogP contribution in [-0.2, 0) is 11.2 Å². The van der Waals surface area contributed by atoms with Gasteiger partial charge in [-0.1, -0.05) is 71.6 Å². The summed E-state index contributed by atoms with van der Waals surface area (Å²) in [5.74, 6) is 0.505. The zero-order valence-electron chi connectivity index (χ0n) is 17.9. The van der Waals surface area contributed by atoms with E-state index >= 15 is 0 Å². The predicted octanol–water partition coefficient (Wildman–Crippen LogP) is 6.14. The second kappa shape index (κ2) is 8.79. The number of para-hydroxylation sites is 1. The minimum atomic E-state index is -0.0198. The SMILES string of the molecule is CCCCC1(CCCC)O[C@@H](C(C)C)N(C)[C@H]1Cc1c[nH]c2ccccc12. The summed E-state index contributed by atoms with van der Waals surface area (Å²) in [6, 6.07) is 9.10. The lowest BCUT2D eigenvalue weighted by Gasteiger charge is -2.36. The molecule has 2 atom stereocenters. The molecule has 3 heteroatoms. The van der Waals surface area contributed by atoms with E-state index in [1.165, 1.54) is 55.0 Å². The van der Waals surface area contributed by atoms with E-state index in [-0.39, 0.29) is 11.8 Å². The van der Waals surface area contributed by atoms with Gasteiger partial charge in [0.25, 0.3) is 0 Å². The van der Waals surface area contributed by atoms with Crippen molar-refractivity contribution in [1.29, 1.82) is 0 Å². The molecule has 1 aromatic heterocycles. The van der Waals surface area contributed by atoms with Gasteiger partial charge in [-0.3, -0.25) is 4.90 Å². The normalized spacial score (nSPS) is 22.9. The Morgan fingerprint density at radius 3 is 2.41 bits per heavy atom. The smallest absolute Gasteiger partial charge is 0.113 e. The number of rotatable bonds is 9. The molecule has 3 rings (SSSR count). The van der Waals surface area contributed by atoms with Gasteiger partial charge in [-0.2, -0.15) is 0 Å². The van der Waals surface area contributed by atoms with Gasteiger partial charge in [0.2, 0.25) is 0 Å². The standard InChI is InChI=1S/C24H38N2O/c1-6-8-14-24(15-9-7-2)22(26(5)23(27-24)18(3)4)16-19-17-25-21-13-11-10-12-20(19)21/h10-13,17-18,22-23,25H,6-9,14-16H2,1-5H3/t22-,23-/m0/s1. The highest BCUT2D eigenvalue weighted by molar-refractivity contribution is 5.83. The number of fused-ring (bicyclic) bond motifs is 1. The van der Waals surface area contributed by atoms with E-state index in [9.17, 15) is 0 Å². The number of nitrogens with one attached hydrogen (secondary N) is 1. The molecule has 0 unspecified atom stereocenters. The van der Waals surface area contributed by atoms with Crippen molar-refractivity contribution >= 4 is 10.9 Å². The van der Waals surface area contributed by atoms with Crippen LogP contribution in [0.2, 0.25) is 0 Å². The Hall–Kier alpha value is -1.32. The fraction of sp³-hybridized carbons (Fsp3) is 0.667. The van der Waals surface area contributed by atoms with Gasteiger partial charge in [-0.25, -0.2) is 0 Å². The van der Waals surface area contributed by atoms with Crippen molar-refractivity contribution in [2.24, 2.45) is 5.92 Å². The number of aromatic nitrogens is 1. The first-order valence-electron chi connectivity index (χ1n) is 11.0. The third kappa shape index (κ3) is 4.09. The molecule has 0 saturated carbocycles. The summed E-state index contributed by atoms with van der Waals surface area (Å²) in [7, 11) is 2.28. The van der Waals surface area contributed by atoms with Crippen LogP contribution >= 0.6 is 0 Å². The molecule has 0 aliphatic carbocycles. The number of benzene rings is 1. The molecule has 1 saturated heterocycles. The number of ether oxygens (including phenoxy) is 1. The molecule has 1 N–H and O–H groups in total. The van der Waals surface area contributed by atoms with Gasteiger partial charge in [-0.05, 0) is 43.9 Å². The maximum Gasteiger partial charge on any atom is 0.113 e. The third-order valence-electron chi connectivity index (χ3n) is 6.42. The van der Waals surface area contributed by atoms with Crippen molar-refractivity contribution in [2.75, 3.05) is 7.05 Å². The fourth-order valence-corrected chi connectivity index (χ4v) is 4.92. The van der Waals surface area contributed by atoms with Crippen LogP contribution in [0, 0.1) is 5.92 Å². The van der Waals surface area contributed by atoms with E-state index in [1.54, 1.807) is 0 Å². The van der Waals surface area contributed by atoms with Crippen molar-refractivity contribution in [3.63, 3.8) is 0 Å². The van der Waals surface area contributed by atoms with Crippen LogP contribution < -0.4 is 0 Å². The van der Waals surface area contributed by atoms with Crippen LogP contribution in [0.1, 0.15) is 71.8 Å². The van der Waals surface area contributed by atoms with Crippen molar-refractivity contribution in [2.45, 2.75) is 90.5 Å². The van der Waals surface area contributed by atoms with Gasteiger partial charge in [-0.15, -0.1) is 0 Å². The zero-order valence-corrected chi connectivity index (χ0v) is 17.9. The number of nitrogens with zero attached hydrogens (tertiary/aromatic N) is 1. The lowest BCUT2D eigenvalue weighted by molar-refractivity contribution is -0.0869. The summed E-state index contributed by atoms with van der Waals surface area (Å²) in [6.45, 7) is 9.17. The Bertz CT molecular complexity index is 712. The van der Waals surface area contributed by atoms with E-state index < -0.39 is 0 Å². The van der Waals surface area contributed by atoms with E-state index in [0.717, 1.165) is 6.42 Å². The molecular formula is C24H38N2O. The molecule has 1 aliphatic rings. The highest BCUT2D eigenvalue weighted by atomic mass is 16.5. The van der Waals surface area contributed by atoms with Gasteiger partial charge in [0.15, 0.2) is 0 Å². The minimum Gasteiger partial charge on any atom is -0.361 e. The summed E-state index contributed by atoms with van der Waals surface area (Å²) < 4.78 is 6.92. The van der Waals surface area contributed by atoms with Gasteiger partial charge < -0.3 is 9.72 Å². The highest BCUT2D eigenvalue weighted by Crippen LogP contribution is 2.43. The lowest BCUT2D eigenvalue weighted by atomic mass is 9.81. The Kier molecular flexibility index (Phi) is 6.65. The quantitative estimate of drug-likeness (QED) is 0.574. The zero-order chi connectivity index (χ0) is 19.4. The summed E-state index contributed by atoms with van der Waals surface area (Å²) in [4.78, 5) is 6.00. The Morgan fingerprint density at radius 2 is 1.78 bits per heavy atom. The monoisotopic (exact) mass is 370 g/mol. The molecule has 0 bridgehead atoms. The van der Waals surface area contributed by atoms with Crippen LogP contribution in [0.5, 0.6) is 0 Å². The molecule has 0 radical (unpaired) electrons. The van der Waals surface area contributed by atoms with Gasteiger partial charge in [0.1, 0.15) is 6.23 Å². The lowest BCUT2D eigenvalue weighted by Crippen LogP contribution is -2.46. The topological polar surface area (TPSA) is 28.3 Å². The van der Waals surface area contributed by atoms with E-state index in [2.05, 4.69) is 75.1 Å². The Balaban J connectivity index is 1.95. The summed E-state index contributed by atoms with van der Waals surface area (Å²) in [5, 5.41) is 1.36. The van der Waals surface area contributed by atoms with Gasteiger partial charge in [0, 0.05) is 23.1 Å². The van der Waals surface area contributed by atoms with Crippen LogP contribution in [0.25, 0.3) is 10.9 Å². The first-order chi connectivity index (χ1) is 13.0. The third-order valence-corrected chi connectivity index (χ3v) is 6.42. The number of hydrogen-bond acceptors (Lipinski definition) is 2. The fourth-order valence-electron chi connectivity index (χ4n) is 4.92. The number of hydrogen-bond donors (Lipinski definition) is 1. The van der Waals surface area contributed by atoms with Crippen molar-refractivity contribution in [1.82, 2.24) is 9.88 Å². The predicted molar refractivity (Wildman–Crippen MR) is 115 cm³/mol. The first kappa shape index (κ1) is 20.4. The number of likely N-dealkylation sites (N-methyl/N-ethyl adjacent to an activating group) is 1. The first-order valence-corrected chi connectivity index (χ1v) is 11.0. The average Bonchev–Trinajstić information content (AvgIpc) is 3.20. The molecule has 0 spiro atoms. The number of aromatic amines is 1. The van der Waals surface area contributed by atoms with E-state index in [0.29, 0.717) is 12.0 Å². The molecule has 2 aromatic rings. The van der Waals surface area contributed by atoms with Crippen molar-refractivity contribution in [3.8, 4) is 0 Å². The summed E-state index contributed by atoms with van der Waals surface area (Å²) >= 11 is 0. The van der Waals surface area contributed by atoms with Crippen LogP contribution in [0.4, 0.5) is 0 Å². The molecule has 150 valence electrons. The summed E-state index contributed by atoms with van der Waals surface area (Å²) in [5.41, 5.74) is 2.64. The van der Waals surface area contributed by atoms with Crippen LogP contribution in [0.15, 0.2) is 30.5 Å². The van der Waals surface area contributed by atoms with Gasteiger partial charge in [0.05, 0.1) is 5.60 Å². The van der Waals surface area contributed by atoms with E-state index in [1.807, 2.05) is 0 Å². The van der Waals surface area contributed by atoms with Crippen molar-refractivity contribution < 1.29 is 4.74 Å². The largest absolute Gasteiger partial charge is 0.361 e. The van der Waals surface area contributed by atoms with E-state index in [4.69, 9.17) is 4.74 Å². The van der Waals surface area contributed by atoms with Crippen LogP contribution in [0.3, 0.4) is 0 Å². The maximum absolute atomic E-state index is 6.92. The molecule has 27 heavy (non-hydrogen) atoms. The highest BCUT2D eigenvalue weighted by Gasteiger charge is 2.51. The molecule has 2 heterocycles. The number of unbranched alkanes of at least 4 members (excludes halogenated alkanes) is 2. The van der Waals surface area contributed by atoms with Crippen LogP contribution in [-0.4, -0.2) is 34.8 Å². The maximum atomic E-state index is 6.92. The van der Waals surface area contributed by atoms with Gasteiger partial charge >= 0.3 is 0 Å². The Labute approximate surface area is 165 Å². The Morgan fingerprint density at radius 1 is 1.11 bits per heavy atom.